The van der Waals surface area contributed by atoms with Crippen LogP contribution < -0.4 is 4.90 Å². The van der Waals surface area contributed by atoms with Gasteiger partial charge in [-0.15, -0.1) is 0 Å². The molecule has 1 saturated heterocycles. The number of imidazole rings is 1. The quantitative estimate of drug-likeness (QED) is 0.725. The molecule has 4 rings (SSSR count). The van der Waals surface area contributed by atoms with Crippen molar-refractivity contribution in [1.82, 2.24) is 24.5 Å². The molecule has 0 amide bonds. The normalized spacial score (nSPS) is 15.3. The fourth-order valence-corrected chi connectivity index (χ4v) is 2.86. The first kappa shape index (κ1) is 15.8. The molecule has 25 heavy (non-hydrogen) atoms. The average Bonchev–Trinajstić information content (AvgIpc) is 3.02. The van der Waals surface area contributed by atoms with E-state index in [9.17, 15) is 8.78 Å². The second-order valence-corrected chi connectivity index (χ2v) is 5.68. The van der Waals surface area contributed by atoms with Gasteiger partial charge in [0.15, 0.2) is 5.82 Å². The molecular formula is C16H16F2N6O. The van der Waals surface area contributed by atoms with Crippen LogP contribution in [0.15, 0.2) is 24.3 Å². The van der Waals surface area contributed by atoms with Gasteiger partial charge in [-0.2, -0.15) is 15.0 Å². The summed E-state index contributed by atoms with van der Waals surface area (Å²) in [6.45, 7) is 4.17. The van der Waals surface area contributed by atoms with E-state index >= 15 is 0 Å². The van der Waals surface area contributed by atoms with E-state index in [4.69, 9.17) is 4.74 Å². The average molecular weight is 346 g/mol. The SMILES string of the molecule is Cc1nc(N2CCOCC2)nc(-n2c(C(F)F)nc3ccccc32)n1. The zero-order valence-electron chi connectivity index (χ0n) is 13.6. The number of alkyl halides is 2. The molecule has 0 bridgehead atoms. The molecule has 1 aliphatic rings. The van der Waals surface area contributed by atoms with E-state index in [1.807, 2.05) is 4.90 Å². The van der Waals surface area contributed by atoms with Crippen molar-refractivity contribution in [2.75, 3.05) is 31.2 Å². The third kappa shape index (κ3) is 2.91. The molecule has 0 radical (unpaired) electrons. The molecule has 0 N–H and O–H groups in total. The van der Waals surface area contributed by atoms with Crippen molar-refractivity contribution in [3.63, 3.8) is 0 Å². The molecule has 1 aromatic carbocycles. The van der Waals surface area contributed by atoms with Crippen LogP contribution in [0.2, 0.25) is 0 Å². The first-order valence-corrected chi connectivity index (χ1v) is 7.95. The van der Waals surface area contributed by atoms with Crippen molar-refractivity contribution < 1.29 is 13.5 Å². The molecule has 130 valence electrons. The van der Waals surface area contributed by atoms with Gasteiger partial charge in [-0.3, -0.25) is 4.57 Å². The molecule has 1 aliphatic heterocycles. The molecule has 7 nitrogen and oxygen atoms in total. The van der Waals surface area contributed by atoms with Crippen molar-refractivity contribution in [3.8, 4) is 5.95 Å². The number of morpholine rings is 1. The fraction of sp³-hybridized carbons (Fsp3) is 0.375. The summed E-state index contributed by atoms with van der Waals surface area (Å²) in [6.07, 6.45) is -2.74. The first-order valence-electron chi connectivity index (χ1n) is 7.95. The largest absolute Gasteiger partial charge is 0.378 e. The summed E-state index contributed by atoms with van der Waals surface area (Å²) in [4.78, 5) is 19.1. The van der Waals surface area contributed by atoms with Gasteiger partial charge in [-0.1, -0.05) is 12.1 Å². The molecule has 0 atom stereocenters. The molecule has 1 fully saturated rings. The first-order chi connectivity index (χ1) is 12.1. The lowest BCUT2D eigenvalue weighted by atomic mass is 10.3. The van der Waals surface area contributed by atoms with Crippen molar-refractivity contribution in [1.29, 1.82) is 0 Å². The number of aryl methyl sites for hydroxylation is 1. The Morgan fingerprint density at radius 3 is 2.48 bits per heavy atom. The van der Waals surface area contributed by atoms with Gasteiger partial charge in [-0.05, 0) is 19.1 Å². The number of rotatable bonds is 3. The molecule has 9 heteroatoms. The van der Waals surface area contributed by atoms with Gasteiger partial charge in [0.1, 0.15) is 5.82 Å². The van der Waals surface area contributed by atoms with Crippen LogP contribution in [0.25, 0.3) is 17.0 Å². The molecule has 0 spiro atoms. The molecule has 3 heterocycles. The molecule has 3 aromatic rings. The summed E-state index contributed by atoms with van der Waals surface area (Å²) in [5.74, 6) is 0.700. The molecule has 2 aromatic heterocycles. The monoisotopic (exact) mass is 346 g/mol. The second kappa shape index (κ2) is 6.32. The Hall–Kier alpha value is -2.68. The number of ether oxygens (including phenoxy) is 1. The van der Waals surface area contributed by atoms with Gasteiger partial charge in [0, 0.05) is 13.1 Å². The molecule has 0 unspecified atom stereocenters. The van der Waals surface area contributed by atoms with Gasteiger partial charge in [0.05, 0.1) is 24.2 Å². The highest BCUT2D eigenvalue weighted by Crippen LogP contribution is 2.27. The van der Waals surface area contributed by atoms with Crippen LogP contribution in [0.1, 0.15) is 18.1 Å². The number of para-hydroxylation sites is 2. The number of halogens is 2. The van der Waals surface area contributed by atoms with E-state index in [1.54, 1.807) is 31.2 Å². The summed E-state index contributed by atoms with van der Waals surface area (Å²) in [6, 6.07) is 6.94. The van der Waals surface area contributed by atoms with Crippen LogP contribution in [0, 0.1) is 6.92 Å². The maximum absolute atomic E-state index is 13.5. The van der Waals surface area contributed by atoms with Crippen LogP contribution in [-0.2, 0) is 4.74 Å². The van der Waals surface area contributed by atoms with Gasteiger partial charge in [0.25, 0.3) is 6.43 Å². The topological polar surface area (TPSA) is 69.0 Å². The number of fused-ring (bicyclic) bond motifs is 1. The molecule has 0 saturated carbocycles. The summed E-state index contributed by atoms with van der Waals surface area (Å²) < 4.78 is 33.7. The Balaban J connectivity index is 1.88. The standard InChI is InChI=1S/C16H16F2N6O/c1-10-19-15(23-6-8-25-9-7-23)22-16(20-10)24-12-5-3-2-4-11(12)21-14(24)13(17)18/h2-5,13H,6-9H2,1H3. The maximum Gasteiger partial charge on any atom is 0.296 e. The minimum Gasteiger partial charge on any atom is -0.378 e. The van der Waals surface area contributed by atoms with Crippen LogP contribution in [0.5, 0.6) is 0 Å². The van der Waals surface area contributed by atoms with E-state index < -0.39 is 6.43 Å². The Morgan fingerprint density at radius 2 is 1.72 bits per heavy atom. The number of benzene rings is 1. The highest BCUT2D eigenvalue weighted by atomic mass is 19.3. The van der Waals surface area contributed by atoms with Gasteiger partial charge < -0.3 is 9.64 Å². The van der Waals surface area contributed by atoms with E-state index in [2.05, 4.69) is 19.9 Å². The molecule has 0 aliphatic carbocycles. The maximum atomic E-state index is 13.5. The minimum absolute atomic E-state index is 0.151. The number of hydrogen-bond donors (Lipinski definition) is 0. The summed E-state index contributed by atoms with van der Waals surface area (Å²) in [5.41, 5.74) is 1.01. The zero-order valence-corrected chi connectivity index (χ0v) is 13.6. The third-order valence-corrected chi connectivity index (χ3v) is 4.00. The number of hydrogen-bond acceptors (Lipinski definition) is 6. The summed E-state index contributed by atoms with van der Waals surface area (Å²) >= 11 is 0. The number of anilines is 1. The Labute approximate surface area is 142 Å². The highest BCUT2D eigenvalue weighted by molar-refractivity contribution is 5.77. The summed E-state index contributed by atoms with van der Waals surface area (Å²) in [5, 5.41) is 0. The van der Waals surface area contributed by atoms with Crippen LogP contribution in [0.4, 0.5) is 14.7 Å². The van der Waals surface area contributed by atoms with Crippen LogP contribution in [0.3, 0.4) is 0 Å². The smallest absolute Gasteiger partial charge is 0.296 e. The third-order valence-electron chi connectivity index (χ3n) is 4.00. The van der Waals surface area contributed by atoms with Crippen molar-refractivity contribution in [2.24, 2.45) is 0 Å². The molecular weight excluding hydrogens is 330 g/mol. The van der Waals surface area contributed by atoms with E-state index in [0.717, 1.165) is 0 Å². The van der Waals surface area contributed by atoms with Crippen LogP contribution >= 0.6 is 0 Å². The second-order valence-electron chi connectivity index (χ2n) is 5.68. The lowest BCUT2D eigenvalue weighted by Crippen LogP contribution is -2.37. The summed E-state index contributed by atoms with van der Waals surface area (Å²) in [7, 11) is 0. The predicted molar refractivity (Wildman–Crippen MR) is 87.2 cm³/mol. The van der Waals surface area contributed by atoms with E-state index in [0.29, 0.717) is 49.1 Å². The Morgan fingerprint density at radius 1 is 1.00 bits per heavy atom. The van der Waals surface area contributed by atoms with Gasteiger partial charge in [-0.25, -0.2) is 13.8 Å². The van der Waals surface area contributed by atoms with E-state index in [-0.39, 0.29) is 11.8 Å². The van der Waals surface area contributed by atoms with Crippen LogP contribution in [-0.4, -0.2) is 50.8 Å². The minimum atomic E-state index is -2.74. The zero-order chi connectivity index (χ0) is 17.4. The number of aromatic nitrogens is 5. The van der Waals surface area contributed by atoms with Crippen molar-refractivity contribution in [2.45, 2.75) is 13.3 Å². The van der Waals surface area contributed by atoms with Gasteiger partial charge in [0.2, 0.25) is 11.9 Å². The van der Waals surface area contributed by atoms with Gasteiger partial charge >= 0.3 is 0 Å². The fourth-order valence-electron chi connectivity index (χ4n) is 2.86. The van der Waals surface area contributed by atoms with Crippen molar-refractivity contribution >= 4 is 17.0 Å². The Bertz CT molecular complexity index is 907. The lowest BCUT2D eigenvalue weighted by molar-refractivity contribution is 0.122. The van der Waals surface area contributed by atoms with E-state index in [1.165, 1.54) is 4.57 Å². The number of nitrogens with zero attached hydrogens (tertiary/aromatic N) is 6. The predicted octanol–water partition coefficient (Wildman–Crippen LogP) is 2.29. The van der Waals surface area contributed by atoms with Crippen molar-refractivity contribution in [3.05, 3.63) is 35.9 Å². The highest BCUT2D eigenvalue weighted by Gasteiger charge is 2.23. The lowest BCUT2D eigenvalue weighted by Gasteiger charge is -2.27. The Kier molecular flexibility index (Phi) is 4.00.